The van der Waals surface area contributed by atoms with Crippen molar-refractivity contribution in [2.45, 2.75) is 20.0 Å². The monoisotopic (exact) mass is 226 g/mol. The predicted octanol–water partition coefficient (Wildman–Crippen LogP) is 0.715. The fourth-order valence-corrected chi connectivity index (χ4v) is 1.10. The minimum atomic E-state index is -0.765. The smallest absolute Gasteiger partial charge is 0.362 e. The zero-order chi connectivity index (χ0) is 12.1. The molecule has 0 bridgehead atoms. The van der Waals surface area contributed by atoms with Gasteiger partial charge in [0, 0.05) is 6.07 Å². The van der Waals surface area contributed by atoms with Crippen LogP contribution >= 0.6 is 0 Å². The topological polar surface area (TPSA) is 81.5 Å². The molecule has 1 atom stereocenters. The van der Waals surface area contributed by atoms with Gasteiger partial charge in [0.2, 0.25) is 5.69 Å². The highest BCUT2D eigenvalue weighted by atomic mass is 16.5. The van der Waals surface area contributed by atoms with E-state index in [0.29, 0.717) is 12.3 Å². The minimum Gasteiger partial charge on any atom is -0.491 e. The van der Waals surface area contributed by atoms with Gasteiger partial charge in [0.25, 0.3) is 0 Å². The molecule has 0 saturated carbocycles. The van der Waals surface area contributed by atoms with E-state index in [1.165, 1.54) is 13.2 Å². The third-order valence-electron chi connectivity index (χ3n) is 1.88. The molecular weight excluding hydrogens is 212 g/mol. The Balaban J connectivity index is 3.13. The van der Waals surface area contributed by atoms with E-state index in [1.54, 1.807) is 13.8 Å². The van der Waals surface area contributed by atoms with Crippen LogP contribution in [0.2, 0.25) is 0 Å². The highest BCUT2D eigenvalue weighted by Gasteiger charge is 2.18. The minimum absolute atomic E-state index is 0.00810. The van der Waals surface area contributed by atoms with Gasteiger partial charge in [-0.25, -0.2) is 4.79 Å². The molecule has 6 nitrogen and oxygen atoms in total. The van der Waals surface area contributed by atoms with Gasteiger partial charge in [-0.2, -0.15) is 5.10 Å². The fraction of sp³-hybridized carbons (Fsp3) is 0.500. The van der Waals surface area contributed by atoms with Gasteiger partial charge in [-0.3, -0.25) is 0 Å². The molecule has 1 heterocycles. The number of aliphatic hydroxyl groups excluding tert-OH is 1. The molecular formula is C10H14N2O4. The van der Waals surface area contributed by atoms with Crippen LogP contribution in [0.3, 0.4) is 0 Å². The van der Waals surface area contributed by atoms with E-state index in [0.717, 1.165) is 0 Å². The number of carbonyl (C=O) groups is 1. The van der Waals surface area contributed by atoms with Crippen LogP contribution in [-0.4, -0.2) is 35.0 Å². The number of esters is 1. The summed E-state index contributed by atoms with van der Waals surface area (Å²) in [7, 11) is 1.25. The molecule has 0 aliphatic rings. The van der Waals surface area contributed by atoms with E-state index in [2.05, 4.69) is 14.9 Å². The van der Waals surface area contributed by atoms with Crippen LogP contribution in [0.25, 0.3) is 0 Å². The van der Waals surface area contributed by atoms with Crippen LogP contribution in [0.1, 0.15) is 36.1 Å². The highest BCUT2D eigenvalue weighted by molar-refractivity contribution is 5.89. The largest absolute Gasteiger partial charge is 0.491 e. The standard InChI is InChI=1S/C10H14N2O4/c1-4-16-8-5-7(6(2)13)11-12-9(8)10(14)15-3/h5-6,13H,4H2,1-3H3. The molecule has 0 aliphatic carbocycles. The summed E-state index contributed by atoms with van der Waals surface area (Å²) in [6.07, 6.45) is -0.765. The summed E-state index contributed by atoms with van der Waals surface area (Å²) < 4.78 is 9.78. The van der Waals surface area contributed by atoms with Crippen LogP contribution in [0.4, 0.5) is 0 Å². The first-order chi connectivity index (χ1) is 7.60. The number of rotatable bonds is 4. The number of nitrogens with zero attached hydrogens (tertiary/aromatic N) is 2. The molecule has 0 fully saturated rings. The molecule has 1 rings (SSSR count). The molecule has 0 saturated heterocycles. The second-order valence-corrected chi connectivity index (χ2v) is 3.08. The van der Waals surface area contributed by atoms with Crippen LogP contribution in [0, 0.1) is 0 Å². The molecule has 0 spiro atoms. The third kappa shape index (κ3) is 2.66. The van der Waals surface area contributed by atoms with E-state index in [4.69, 9.17) is 4.74 Å². The van der Waals surface area contributed by atoms with Crippen LogP contribution < -0.4 is 4.74 Å². The Morgan fingerprint density at radius 1 is 1.56 bits per heavy atom. The van der Waals surface area contributed by atoms with Crippen molar-refractivity contribution in [3.63, 3.8) is 0 Å². The number of ether oxygens (including phenoxy) is 2. The van der Waals surface area contributed by atoms with Crippen molar-refractivity contribution >= 4 is 5.97 Å². The Morgan fingerprint density at radius 2 is 2.25 bits per heavy atom. The highest BCUT2D eigenvalue weighted by Crippen LogP contribution is 2.20. The van der Waals surface area contributed by atoms with Crippen molar-refractivity contribution in [2.24, 2.45) is 0 Å². The zero-order valence-electron chi connectivity index (χ0n) is 9.43. The number of hydrogen-bond donors (Lipinski definition) is 1. The van der Waals surface area contributed by atoms with Crippen LogP contribution in [0.5, 0.6) is 5.75 Å². The summed E-state index contributed by atoms with van der Waals surface area (Å²) in [5.41, 5.74) is 0.352. The number of aliphatic hydroxyl groups is 1. The molecule has 16 heavy (non-hydrogen) atoms. The van der Waals surface area contributed by atoms with Gasteiger partial charge in [0.15, 0.2) is 5.75 Å². The normalized spacial score (nSPS) is 12.0. The summed E-state index contributed by atoms with van der Waals surface area (Å²) in [5, 5.41) is 16.7. The Morgan fingerprint density at radius 3 is 2.75 bits per heavy atom. The average Bonchev–Trinajstić information content (AvgIpc) is 2.28. The first-order valence-electron chi connectivity index (χ1n) is 4.87. The second-order valence-electron chi connectivity index (χ2n) is 3.08. The van der Waals surface area contributed by atoms with E-state index in [1.807, 2.05) is 0 Å². The van der Waals surface area contributed by atoms with Gasteiger partial charge < -0.3 is 14.6 Å². The first-order valence-corrected chi connectivity index (χ1v) is 4.87. The van der Waals surface area contributed by atoms with E-state index in [-0.39, 0.29) is 11.4 Å². The summed E-state index contributed by atoms with van der Waals surface area (Å²) >= 11 is 0. The van der Waals surface area contributed by atoms with Crippen molar-refractivity contribution in [3.8, 4) is 5.75 Å². The predicted molar refractivity (Wildman–Crippen MR) is 55.2 cm³/mol. The molecule has 1 aromatic rings. The van der Waals surface area contributed by atoms with Crippen LogP contribution in [-0.2, 0) is 4.74 Å². The van der Waals surface area contributed by atoms with Gasteiger partial charge in [0.05, 0.1) is 25.5 Å². The molecule has 1 N–H and O–H groups in total. The summed E-state index contributed by atoms with van der Waals surface area (Å²) in [4.78, 5) is 11.3. The summed E-state index contributed by atoms with van der Waals surface area (Å²) in [6, 6.07) is 1.48. The van der Waals surface area contributed by atoms with Crippen molar-refractivity contribution in [1.29, 1.82) is 0 Å². The van der Waals surface area contributed by atoms with Crippen molar-refractivity contribution in [2.75, 3.05) is 13.7 Å². The zero-order valence-corrected chi connectivity index (χ0v) is 9.43. The van der Waals surface area contributed by atoms with E-state index < -0.39 is 12.1 Å². The summed E-state index contributed by atoms with van der Waals surface area (Å²) in [6.45, 7) is 3.72. The number of aromatic nitrogens is 2. The Kier molecular flexibility index (Phi) is 4.19. The van der Waals surface area contributed by atoms with Gasteiger partial charge in [-0.05, 0) is 13.8 Å². The second kappa shape index (κ2) is 5.41. The molecule has 1 unspecified atom stereocenters. The van der Waals surface area contributed by atoms with Crippen molar-refractivity contribution < 1.29 is 19.4 Å². The molecule has 0 amide bonds. The molecule has 0 aromatic carbocycles. The molecule has 0 radical (unpaired) electrons. The number of methoxy groups -OCH3 is 1. The lowest BCUT2D eigenvalue weighted by atomic mass is 10.2. The van der Waals surface area contributed by atoms with Gasteiger partial charge in [0.1, 0.15) is 0 Å². The average molecular weight is 226 g/mol. The van der Waals surface area contributed by atoms with Gasteiger partial charge in [-0.15, -0.1) is 5.10 Å². The van der Waals surface area contributed by atoms with Gasteiger partial charge >= 0.3 is 5.97 Å². The summed E-state index contributed by atoms with van der Waals surface area (Å²) in [5.74, 6) is -0.353. The lowest BCUT2D eigenvalue weighted by molar-refractivity contribution is 0.0586. The quantitative estimate of drug-likeness (QED) is 0.761. The lowest BCUT2D eigenvalue weighted by Crippen LogP contribution is -2.11. The first kappa shape index (κ1) is 12.4. The lowest BCUT2D eigenvalue weighted by Gasteiger charge is -2.09. The number of carbonyl (C=O) groups excluding carboxylic acids is 1. The molecule has 6 heteroatoms. The van der Waals surface area contributed by atoms with Crippen LogP contribution in [0.15, 0.2) is 6.07 Å². The maximum absolute atomic E-state index is 11.3. The number of hydrogen-bond acceptors (Lipinski definition) is 6. The molecule has 1 aromatic heterocycles. The van der Waals surface area contributed by atoms with E-state index >= 15 is 0 Å². The maximum Gasteiger partial charge on any atom is 0.362 e. The Bertz CT molecular complexity index is 379. The Hall–Kier alpha value is -1.69. The molecule has 88 valence electrons. The SMILES string of the molecule is CCOc1cc(C(C)O)nnc1C(=O)OC. The van der Waals surface area contributed by atoms with Gasteiger partial charge in [-0.1, -0.05) is 0 Å². The maximum atomic E-state index is 11.3. The van der Waals surface area contributed by atoms with Crippen molar-refractivity contribution in [1.82, 2.24) is 10.2 Å². The third-order valence-corrected chi connectivity index (χ3v) is 1.88. The van der Waals surface area contributed by atoms with Crippen molar-refractivity contribution in [3.05, 3.63) is 17.5 Å². The Labute approximate surface area is 93.2 Å². The molecule has 0 aliphatic heterocycles. The van der Waals surface area contributed by atoms with E-state index in [9.17, 15) is 9.90 Å². The fourth-order valence-electron chi connectivity index (χ4n) is 1.10.